The van der Waals surface area contributed by atoms with Crippen molar-refractivity contribution < 1.29 is 75.2 Å². The van der Waals surface area contributed by atoms with Crippen LogP contribution < -0.4 is 31.9 Å². The van der Waals surface area contributed by atoms with Gasteiger partial charge in [-0.25, -0.2) is 40.7 Å². The first kappa shape index (κ1) is 75.1. The average molecular weight is 1370 g/mol. The van der Waals surface area contributed by atoms with E-state index in [4.69, 9.17) is 31.7 Å². The average Bonchev–Trinajstić information content (AvgIpc) is 1.63. The molecule has 6 amide bonds. The van der Waals surface area contributed by atoms with Crippen LogP contribution in [0.3, 0.4) is 0 Å². The minimum Gasteiger partial charge on any atom is -0.395 e. The van der Waals surface area contributed by atoms with Gasteiger partial charge in [0.2, 0.25) is 17.7 Å². The van der Waals surface area contributed by atoms with E-state index in [1.165, 1.54) is 27.6 Å². The highest BCUT2D eigenvalue weighted by Gasteiger charge is 2.39. The van der Waals surface area contributed by atoms with Gasteiger partial charge in [0.25, 0.3) is 0 Å². The smallest absolute Gasteiger partial charge is 0.343 e. The summed E-state index contributed by atoms with van der Waals surface area (Å²) in [5.41, 5.74) is 2.94. The second-order valence-corrected chi connectivity index (χ2v) is 27.1. The highest BCUT2D eigenvalue weighted by Crippen LogP contribution is 2.36. The lowest BCUT2D eigenvalue weighted by Gasteiger charge is -2.30. The number of carbonyl (C=O) groups excluding carboxylic acids is 6. The zero-order valence-electron chi connectivity index (χ0n) is 55.4. The summed E-state index contributed by atoms with van der Waals surface area (Å²) in [5, 5.41) is 56.2. The number of aromatic nitrogens is 6. The number of amides is 6. The Hall–Kier alpha value is -8.26. The maximum absolute atomic E-state index is 14.6. The number of fused-ring (bicyclic) bond motifs is 3. The molecule has 0 saturated carbocycles. The first-order chi connectivity index (χ1) is 45.1. The molecule has 9 rings (SSSR count). The van der Waals surface area contributed by atoms with Crippen molar-refractivity contribution in [3.05, 3.63) is 122 Å². The van der Waals surface area contributed by atoms with Crippen LogP contribution in [0.25, 0.3) is 33.8 Å². The first-order valence-electron chi connectivity index (χ1n) is 31.0. The summed E-state index contributed by atoms with van der Waals surface area (Å²) in [7, 11) is 3.76. The Morgan fingerprint density at radius 3 is 1.34 bits per heavy atom. The van der Waals surface area contributed by atoms with E-state index in [9.17, 15) is 55.1 Å². The molecule has 3 aromatic carbocycles. The number of ether oxygens (including phenoxy) is 1. The third kappa shape index (κ3) is 18.0. The Bertz CT molecular complexity index is 3840. The lowest BCUT2D eigenvalue weighted by atomic mass is 9.86. The molecule has 31 heteroatoms. The van der Waals surface area contributed by atoms with Gasteiger partial charge in [0, 0.05) is 96.7 Å². The molecule has 0 unspecified atom stereocenters. The molecule has 6 heterocycles. The van der Waals surface area contributed by atoms with Crippen LogP contribution in [0.15, 0.2) is 48.5 Å². The summed E-state index contributed by atoms with van der Waals surface area (Å²) in [6.07, 6.45) is 1.43. The SMILES string of the molecule is CC(C)(C)[C@H](NC(=O)n1nc(-c2ccc(Cl)cc2F)c2c1CCOC2)C(=O)NCCO.CN1CCc2c(-c3cc(F)c(F)cc3F)nn(C(=O)N[C@H](C(=O)NCCO)C(C)(C)C)c2C1.CN1CCc2c(-c3ccc(F)c(F)c3)nn(C(=O)N[C@H](C(=O)NCCO)C(C)(C)C)c2C1. The van der Waals surface area contributed by atoms with E-state index >= 15 is 0 Å². The van der Waals surface area contributed by atoms with Gasteiger partial charge >= 0.3 is 18.1 Å². The number of rotatable bonds is 15. The van der Waals surface area contributed by atoms with Crippen molar-refractivity contribution in [2.75, 3.05) is 73.2 Å². The van der Waals surface area contributed by atoms with Crippen molar-refractivity contribution in [1.82, 2.24) is 71.0 Å². The monoisotopic (exact) mass is 1370 g/mol. The van der Waals surface area contributed by atoms with Gasteiger partial charge in [0.15, 0.2) is 23.3 Å². The normalized spacial score (nSPS) is 15.0. The molecule has 0 fully saturated rings. The maximum Gasteiger partial charge on any atom is 0.343 e. The van der Waals surface area contributed by atoms with Crippen LogP contribution in [0.4, 0.5) is 40.7 Å². The van der Waals surface area contributed by atoms with Gasteiger partial charge in [0.05, 0.1) is 61.5 Å². The second-order valence-electron chi connectivity index (χ2n) is 26.6. The molecular weight excluding hydrogens is 1290 g/mol. The van der Waals surface area contributed by atoms with Gasteiger partial charge in [0.1, 0.15) is 35.5 Å². The highest BCUT2D eigenvalue weighted by molar-refractivity contribution is 6.30. The summed E-state index contributed by atoms with van der Waals surface area (Å²) >= 11 is 5.86. The zero-order chi connectivity index (χ0) is 70.9. The number of nitrogens with one attached hydrogen (secondary N) is 6. The molecule has 24 nitrogen and oxygen atoms in total. The van der Waals surface area contributed by atoms with Crippen LogP contribution in [0.1, 0.15) is 96.1 Å². The van der Waals surface area contributed by atoms with E-state index in [-0.39, 0.29) is 67.9 Å². The fraction of sp³-hybridized carbons (Fsp3) is 0.492. The number of aliphatic hydroxyl groups is 3. The number of carbonyl (C=O) groups is 6. The summed E-state index contributed by atoms with van der Waals surface area (Å²) in [6.45, 7) is 18.4. The van der Waals surface area contributed by atoms with Crippen molar-refractivity contribution in [3.63, 3.8) is 0 Å². The number of hydrogen-bond donors (Lipinski definition) is 9. The van der Waals surface area contributed by atoms with Crippen LogP contribution in [-0.4, -0.2) is 182 Å². The Balaban J connectivity index is 0.000000203. The van der Waals surface area contributed by atoms with Gasteiger partial charge < -0.3 is 61.8 Å². The minimum atomic E-state index is -1.32. The van der Waals surface area contributed by atoms with E-state index in [0.717, 1.165) is 35.0 Å². The molecular formula is C65H83ClF6N14O10. The Labute approximate surface area is 556 Å². The van der Waals surface area contributed by atoms with Gasteiger partial charge in [-0.05, 0) is 85.6 Å². The highest BCUT2D eigenvalue weighted by atomic mass is 35.5. The summed E-state index contributed by atoms with van der Waals surface area (Å²) < 4.78 is 92.7. The number of halogens is 7. The number of nitrogens with zero attached hydrogens (tertiary/aromatic N) is 8. The molecule has 0 bridgehead atoms. The Morgan fingerprint density at radius 1 is 0.500 bits per heavy atom. The van der Waals surface area contributed by atoms with Crippen LogP contribution in [0.5, 0.6) is 0 Å². The van der Waals surface area contributed by atoms with Crippen LogP contribution in [-0.2, 0) is 58.1 Å². The Morgan fingerprint density at radius 2 is 0.906 bits per heavy atom. The maximum atomic E-state index is 14.6. The largest absolute Gasteiger partial charge is 0.395 e. The Kier molecular flexibility index (Phi) is 24.8. The third-order valence-electron chi connectivity index (χ3n) is 16.0. The molecule has 0 radical (unpaired) electrons. The molecule has 3 aliphatic rings. The van der Waals surface area contributed by atoms with Gasteiger partial charge in [-0.1, -0.05) is 73.9 Å². The quantitative estimate of drug-likeness (QED) is 0.0395. The molecule has 6 aromatic rings. The predicted molar refractivity (Wildman–Crippen MR) is 343 cm³/mol. The van der Waals surface area contributed by atoms with E-state index in [0.29, 0.717) is 96.7 Å². The molecule has 0 saturated heterocycles. The molecule has 3 aliphatic heterocycles. The number of likely N-dealkylation sites (N-methyl/N-ethyl adjacent to an activating group) is 2. The van der Waals surface area contributed by atoms with E-state index in [2.05, 4.69) is 47.2 Å². The van der Waals surface area contributed by atoms with Crippen LogP contribution >= 0.6 is 11.6 Å². The van der Waals surface area contributed by atoms with E-state index in [1.54, 1.807) is 26.8 Å². The first-order valence-corrected chi connectivity index (χ1v) is 31.4. The molecule has 0 aliphatic carbocycles. The van der Waals surface area contributed by atoms with Crippen LogP contribution in [0, 0.1) is 51.1 Å². The summed E-state index contributed by atoms with van der Waals surface area (Å²) in [6, 6.07) is 4.35. The van der Waals surface area contributed by atoms with E-state index < -0.39 is 105 Å². The van der Waals surface area contributed by atoms with Crippen molar-refractivity contribution in [2.24, 2.45) is 16.2 Å². The van der Waals surface area contributed by atoms with Crippen molar-refractivity contribution in [3.8, 4) is 33.8 Å². The fourth-order valence-electron chi connectivity index (χ4n) is 11.0. The minimum absolute atomic E-state index is 0.0306. The zero-order valence-corrected chi connectivity index (χ0v) is 56.1. The van der Waals surface area contributed by atoms with Crippen molar-refractivity contribution >= 4 is 47.4 Å². The lowest BCUT2D eigenvalue weighted by Crippen LogP contribution is -2.55. The molecule has 3 atom stereocenters. The lowest BCUT2D eigenvalue weighted by molar-refractivity contribution is -0.126. The topological polar surface area (TPSA) is 304 Å². The van der Waals surface area contributed by atoms with Crippen molar-refractivity contribution in [1.29, 1.82) is 0 Å². The number of hydrogen-bond acceptors (Lipinski definition) is 15. The summed E-state index contributed by atoms with van der Waals surface area (Å²) in [4.78, 5) is 81.3. The standard InChI is InChI=1S/C22H28F3N5O3.C22H29F2N5O3.C21H26ClFN4O4/c1-22(2,3)19(20(32)26-6-8-31)27-21(33)30-17-11-29(4)7-5-12(17)18(28-30)13-9-15(24)16(25)10-14(13)23;1-22(2,3)19(20(31)25-8-10-30)26-21(32)29-17-12-28(4)9-7-14(17)18(27-29)13-5-6-15(23)16(24)11-13;1-21(2,3)18(19(29)24-7-8-28)25-20(30)27-16-6-9-31-11-14(16)17(26-27)13-5-4-12(22)10-15(13)23/h9-10,19,31H,5-8,11H2,1-4H3,(H,26,32)(H,27,33);5-6,11,19,30H,7-10,12H2,1-4H3,(H,25,31)(H,26,32);4-5,10,18,28H,6-9,11H2,1-3H3,(H,24,29)(H,25,30)/t2*19-;18-/m111/s1. The molecule has 0 spiro atoms. The molecule has 3 aromatic heterocycles. The van der Waals surface area contributed by atoms with E-state index in [1.807, 2.05) is 65.4 Å². The predicted octanol–water partition coefficient (Wildman–Crippen LogP) is 6.43. The summed E-state index contributed by atoms with van der Waals surface area (Å²) in [5.74, 6) is -7.34. The van der Waals surface area contributed by atoms with Gasteiger partial charge in [-0.2, -0.15) is 29.3 Å². The van der Waals surface area contributed by atoms with Crippen molar-refractivity contribution in [2.45, 2.75) is 119 Å². The second kappa shape index (κ2) is 31.7. The molecule has 96 heavy (non-hydrogen) atoms. The van der Waals surface area contributed by atoms with Gasteiger partial charge in [-0.15, -0.1) is 0 Å². The van der Waals surface area contributed by atoms with Crippen LogP contribution in [0.2, 0.25) is 5.02 Å². The third-order valence-corrected chi connectivity index (χ3v) is 16.2. The molecule has 9 N–H and O–H groups in total. The molecule has 522 valence electrons. The van der Waals surface area contributed by atoms with Gasteiger partial charge in [-0.3, -0.25) is 14.4 Å². The number of aliphatic hydroxyl groups excluding tert-OH is 3. The number of benzene rings is 3. The fourth-order valence-corrected chi connectivity index (χ4v) is 11.1.